The number of rotatable bonds is 9. The van der Waals surface area contributed by atoms with E-state index in [1.165, 1.54) is 31.2 Å². The number of para-hydroxylation sites is 1. The van der Waals surface area contributed by atoms with Gasteiger partial charge < -0.3 is 10.1 Å². The van der Waals surface area contributed by atoms with Crippen LogP contribution in [0.25, 0.3) is 0 Å². The molecule has 1 amide bonds. The first-order valence-corrected chi connectivity index (χ1v) is 9.11. The predicted molar refractivity (Wildman–Crippen MR) is 87.3 cm³/mol. The number of nitrogens with one attached hydrogen (secondary N) is 2. The van der Waals surface area contributed by atoms with Gasteiger partial charge in [-0.1, -0.05) is 25.5 Å². The van der Waals surface area contributed by atoms with Gasteiger partial charge in [0.05, 0.1) is 11.4 Å². The third kappa shape index (κ3) is 7.05. The summed E-state index contributed by atoms with van der Waals surface area (Å²) in [6, 6.07) is 4.43. The van der Waals surface area contributed by atoms with E-state index in [0.717, 1.165) is 0 Å². The van der Waals surface area contributed by atoms with Gasteiger partial charge in [-0.25, -0.2) is 17.5 Å². The monoisotopic (exact) mass is 360 g/mol. The number of halogens is 1. The molecule has 1 aromatic carbocycles. The number of carbonyl (C=O) groups excluding carboxylic acids is 2. The number of amides is 1. The quantitative estimate of drug-likeness (QED) is 0.649. The standard InChI is InChI=1S/C15H21FN2O5S/c1-3-4-9-24(21,22)18-11(2)15(20)23-10-14(19)17-13-8-6-5-7-12(13)16/h5-8,11,18H,3-4,9-10H2,1-2H3,(H,17,19)/t11-/m0/s1. The summed E-state index contributed by atoms with van der Waals surface area (Å²) >= 11 is 0. The van der Waals surface area contributed by atoms with Gasteiger partial charge in [0.15, 0.2) is 6.61 Å². The minimum Gasteiger partial charge on any atom is -0.454 e. The molecule has 134 valence electrons. The number of esters is 1. The van der Waals surface area contributed by atoms with E-state index in [-0.39, 0.29) is 11.4 Å². The van der Waals surface area contributed by atoms with Crippen molar-refractivity contribution in [3.63, 3.8) is 0 Å². The molecule has 0 heterocycles. The van der Waals surface area contributed by atoms with Crippen molar-refractivity contribution >= 4 is 27.6 Å². The molecule has 0 bridgehead atoms. The highest BCUT2D eigenvalue weighted by molar-refractivity contribution is 7.89. The summed E-state index contributed by atoms with van der Waals surface area (Å²) < 4.78 is 43.6. The van der Waals surface area contributed by atoms with Crippen LogP contribution in [-0.2, 0) is 24.3 Å². The van der Waals surface area contributed by atoms with Crippen molar-refractivity contribution in [1.82, 2.24) is 4.72 Å². The average Bonchev–Trinajstić information content (AvgIpc) is 2.52. The lowest BCUT2D eigenvalue weighted by molar-refractivity contribution is -0.148. The van der Waals surface area contributed by atoms with Crippen molar-refractivity contribution in [3.05, 3.63) is 30.1 Å². The number of sulfonamides is 1. The predicted octanol–water partition coefficient (Wildman–Crippen LogP) is 1.42. The Morgan fingerprint density at radius 1 is 1.29 bits per heavy atom. The lowest BCUT2D eigenvalue weighted by Gasteiger charge is -2.13. The minimum atomic E-state index is -3.58. The van der Waals surface area contributed by atoms with Gasteiger partial charge in [-0.3, -0.25) is 9.59 Å². The van der Waals surface area contributed by atoms with Gasteiger partial charge in [0.25, 0.3) is 5.91 Å². The first kappa shape index (κ1) is 20.0. The van der Waals surface area contributed by atoms with Crippen LogP contribution in [0.15, 0.2) is 24.3 Å². The number of hydrogen-bond donors (Lipinski definition) is 2. The normalized spacial score (nSPS) is 12.5. The van der Waals surface area contributed by atoms with Gasteiger partial charge in [-0.05, 0) is 25.5 Å². The molecule has 1 aromatic rings. The van der Waals surface area contributed by atoms with E-state index < -0.39 is 40.4 Å². The maximum atomic E-state index is 13.4. The second-order valence-corrected chi connectivity index (χ2v) is 7.02. The molecule has 9 heteroatoms. The zero-order chi connectivity index (χ0) is 18.2. The van der Waals surface area contributed by atoms with Crippen LogP contribution < -0.4 is 10.0 Å². The molecule has 0 unspecified atom stereocenters. The summed E-state index contributed by atoms with van der Waals surface area (Å²) in [5.74, 6) is -2.32. The molecular formula is C15H21FN2O5S. The highest BCUT2D eigenvalue weighted by Gasteiger charge is 2.21. The van der Waals surface area contributed by atoms with Gasteiger partial charge in [0.1, 0.15) is 11.9 Å². The molecule has 0 aromatic heterocycles. The average molecular weight is 360 g/mol. The van der Waals surface area contributed by atoms with E-state index in [0.29, 0.717) is 12.8 Å². The largest absolute Gasteiger partial charge is 0.454 e. The van der Waals surface area contributed by atoms with Crippen LogP contribution in [-0.4, -0.2) is 38.7 Å². The van der Waals surface area contributed by atoms with Crippen LogP contribution in [0, 0.1) is 5.82 Å². The lowest BCUT2D eigenvalue weighted by Crippen LogP contribution is -2.41. The topological polar surface area (TPSA) is 102 Å². The summed E-state index contributed by atoms with van der Waals surface area (Å²) in [6.45, 7) is 2.52. The van der Waals surface area contributed by atoms with E-state index >= 15 is 0 Å². The highest BCUT2D eigenvalue weighted by atomic mass is 32.2. The number of anilines is 1. The molecule has 0 saturated carbocycles. The zero-order valence-corrected chi connectivity index (χ0v) is 14.4. The fourth-order valence-electron chi connectivity index (χ4n) is 1.72. The first-order valence-electron chi connectivity index (χ1n) is 7.46. The Kier molecular flexibility index (Phi) is 7.80. The molecule has 24 heavy (non-hydrogen) atoms. The van der Waals surface area contributed by atoms with Crippen LogP contribution in [0.4, 0.5) is 10.1 Å². The fourth-order valence-corrected chi connectivity index (χ4v) is 3.14. The summed E-state index contributed by atoms with van der Waals surface area (Å²) in [4.78, 5) is 23.3. The second-order valence-electron chi connectivity index (χ2n) is 5.15. The molecule has 0 aliphatic heterocycles. The highest BCUT2D eigenvalue weighted by Crippen LogP contribution is 2.11. The van der Waals surface area contributed by atoms with Crippen molar-refractivity contribution in [2.24, 2.45) is 0 Å². The molecule has 0 aliphatic carbocycles. The van der Waals surface area contributed by atoms with Gasteiger partial charge in [-0.15, -0.1) is 0 Å². The Hall–Kier alpha value is -2.00. The second kappa shape index (κ2) is 9.33. The molecule has 7 nitrogen and oxygen atoms in total. The molecular weight excluding hydrogens is 339 g/mol. The molecule has 0 spiro atoms. The van der Waals surface area contributed by atoms with Crippen LogP contribution in [0.1, 0.15) is 26.7 Å². The van der Waals surface area contributed by atoms with E-state index in [1.54, 1.807) is 0 Å². The third-order valence-electron chi connectivity index (χ3n) is 2.97. The van der Waals surface area contributed by atoms with E-state index in [1.807, 2.05) is 6.92 Å². The molecule has 1 atom stereocenters. The van der Waals surface area contributed by atoms with Crippen molar-refractivity contribution in [1.29, 1.82) is 0 Å². The fraction of sp³-hybridized carbons (Fsp3) is 0.467. The Morgan fingerprint density at radius 2 is 1.96 bits per heavy atom. The summed E-state index contributed by atoms with van der Waals surface area (Å²) in [5, 5.41) is 2.25. The summed E-state index contributed by atoms with van der Waals surface area (Å²) in [6.07, 6.45) is 1.18. The smallest absolute Gasteiger partial charge is 0.324 e. The molecule has 0 fully saturated rings. The van der Waals surface area contributed by atoms with Gasteiger partial charge >= 0.3 is 5.97 Å². The van der Waals surface area contributed by atoms with E-state index in [4.69, 9.17) is 4.74 Å². The number of ether oxygens (including phenoxy) is 1. The van der Waals surface area contributed by atoms with Gasteiger partial charge in [0, 0.05) is 0 Å². The zero-order valence-electron chi connectivity index (χ0n) is 13.5. The Balaban J connectivity index is 2.44. The third-order valence-corrected chi connectivity index (χ3v) is 4.51. The van der Waals surface area contributed by atoms with Crippen molar-refractivity contribution in [3.8, 4) is 0 Å². The van der Waals surface area contributed by atoms with Gasteiger partial charge in [0.2, 0.25) is 10.0 Å². The summed E-state index contributed by atoms with van der Waals surface area (Å²) in [5.41, 5.74) is -0.0353. The number of carbonyl (C=O) groups is 2. The molecule has 0 saturated heterocycles. The van der Waals surface area contributed by atoms with Crippen LogP contribution >= 0.6 is 0 Å². The molecule has 0 radical (unpaired) electrons. The Labute approximate surface area is 140 Å². The molecule has 0 aliphatic rings. The number of hydrogen-bond acceptors (Lipinski definition) is 5. The maximum absolute atomic E-state index is 13.4. The van der Waals surface area contributed by atoms with E-state index in [9.17, 15) is 22.4 Å². The van der Waals surface area contributed by atoms with Crippen LogP contribution in [0.3, 0.4) is 0 Å². The maximum Gasteiger partial charge on any atom is 0.324 e. The van der Waals surface area contributed by atoms with Crippen LogP contribution in [0.2, 0.25) is 0 Å². The van der Waals surface area contributed by atoms with Gasteiger partial charge in [-0.2, -0.15) is 0 Å². The lowest BCUT2D eigenvalue weighted by atomic mass is 10.3. The van der Waals surface area contributed by atoms with Crippen molar-refractivity contribution in [2.45, 2.75) is 32.7 Å². The number of benzene rings is 1. The molecule has 2 N–H and O–H groups in total. The Morgan fingerprint density at radius 3 is 2.58 bits per heavy atom. The number of unbranched alkanes of at least 4 members (excludes halogenated alkanes) is 1. The SMILES string of the molecule is CCCCS(=O)(=O)N[C@@H](C)C(=O)OCC(=O)Nc1ccccc1F. The van der Waals surface area contributed by atoms with Crippen molar-refractivity contribution < 1.29 is 27.1 Å². The molecule has 1 rings (SSSR count). The minimum absolute atomic E-state index is 0.0353. The van der Waals surface area contributed by atoms with Crippen molar-refractivity contribution in [2.75, 3.05) is 17.7 Å². The summed E-state index contributed by atoms with van der Waals surface area (Å²) in [7, 11) is -3.58. The first-order chi connectivity index (χ1) is 11.2. The van der Waals surface area contributed by atoms with Crippen LogP contribution in [0.5, 0.6) is 0 Å². The van der Waals surface area contributed by atoms with E-state index in [2.05, 4.69) is 10.0 Å². The Bertz CT molecular complexity index is 678.